The van der Waals surface area contributed by atoms with Crippen molar-refractivity contribution in [1.82, 2.24) is 4.98 Å². The second-order valence-electron chi connectivity index (χ2n) is 3.69. The van der Waals surface area contributed by atoms with Crippen LogP contribution in [0.1, 0.15) is 16.1 Å². The summed E-state index contributed by atoms with van der Waals surface area (Å²) in [5.41, 5.74) is 3.00. The number of aryl methyl sites for hydroxylation is 1. The lowest BCUT2D eigenvalue weighted by Crippen LogP contribution is -1.98. The minimum atomic E-state index is -0.940. The molecule has 1 N–H and O–H groups in total. The van der Waals surface area contributed by atoms with E-state index in [9.17, 15) is 4.79 Å². The SMILES string of the molecule is Cc1cc(-c2ccc(Br)c(C(=O)O)c2)ccn1. The number of nitrogens with zero attached hydrogens (tertiary/aromatic N) is 1. The summed E-state index contributed by atoms with van der Waals surface area (Å²) in [6, 6.07) is 9.07. The molecule has 0 spiro atoms. The first-order valence-corrected chi connectivity index (χ1v) is 5.83. The summed E-state index contributed by atoms with van der Waals surface area (Å²) < 4.78 is 0.583. The van der Waals surface area contributed by atoms with Gasteiger partial charge in [-0.2, -0.15) is 0 Å². The van der Waals surface area contributed by atoms with Crippen LogP contribution in [0.4, 0.5) is 0 Å². The predicted octanol–water partition coefficient (Wildman–Crippen LogP) is 3.52. The van der Waals surface area contributed by atoms with E-state index in [1.54, 1.807) is 18.3 Å². The lowest BCUT2D eigenvalue weighted by atomic mass is 10.0. The Morgan fingerprint density at radius 3 is 2.59 bits per heavy atom. The monoisotopic (exact) mass is 291 g/mol. The van der Waals surface area contributed by atoms with Gasteiger partial charge in [0.1, 0.15) is 0 Å². The summed E-state index contributed by atoms with van der Waals surface area (Å²) in [6.07, 6.45) is 1.72. The quantitative estimate of drug-likeness (QED) is 0.921. The van der Waals surface area contributed by atoms with Crippen molar-refractivity contribution in [3.05, 3.63) is 52.3 Å². The molecule has 17 heavy (non-hydrogen) atoms. The number of carboxylic acid groups (broad SMARTS) is 1. The molecule has 0 aliphatic carbocycles. The number of benzene rings is 1. The molecule has 0 aliphatic heterocycles. The molecule has 0 atom stereocenters. The van der Waals surface area contributed by atoms with Gasteiger partial charge in [-0.05, 0) is 58.2 Å². The van der Waals surface area contributed by atoms with Crippen LogP contribution in [-0.4, -0.2) is 16.1 Å². The highest BCUT2D eigenvalue weighted by molar-refractivity contribution is 9.10. The fraction of sp³-hybridized carbons (Fsp3) is 0.0769. The van der Waals surface area contributed by atoms with Gasteiger partial charge in [0, 0.05) is 16.4 Å². The molecule has 4 heteroatoms. The fourth-order valence-electron chi connectivity index (χ4n) is 1.59. The second kappa shape index (κ2) is 4.67. The van der Waals surface area contributed by atoms with Crippen molar-refractivity contribution in [3.63, 3.8) is 0 Å². The number of aromatic carboxylic acids is 1. The summed E-state index contributed by atoms with van der Waals surface area (Å²) in [6.45, 7) is 1.90. The Hall–Kier alpha value is -1.68. The van der Waals surface area contributed by atoms with Gasteiger partial charge in [-0.3, -0.25) is 4.98 Å². The van der Waals surface area contributed by atoms with Crippen molar-refractivity contribution >= 4 is 21.9 Å². The summed E-state index contributed by atoms with van der Waals surface area (Å²) in [4.78, 5) is 15.1. The molecule has 0 saturated carbocycles. The third kappa shape index (κ3) is 2.53. The maximum Gasteiger partial charge on any atom is 0.336 e. The van der Waals surface area contributed by atoms with E-state index in [0.717, 1.165) is 16.8 Å². The molecular weight excluding hydrogens is 282 g/mol. The van der Waals surface area contributed by atoms with Gasteiger partial charge < -0.3 is 5.11 Å². The Morgan fingerprint density at radius 1 is 1.24 bits per heavy atom. The minimum absolute atomic E-state index is 0.261. The maximum absolute atomic E-state index is 11.0. The molecule has 2 rings (SSSR count). The van der Waals surface area contributed by atoms with E-state index in [2.05, 4.69) is 20.9 Å². The highest BCUT2D eigenvalue weighted by Crippen LogP contribution is 2.25. The van der Waals surface area contributed by atoms with Gasteiger partial charge >= 0.3 is 5.97 Å². The van der Waals surface area contributed by atoms with Gasteiger partial charge in [0.15, 0.2) is 0 Å². The molecule has 1 aromatic heterocycles. The van der Waals surface area contributed by atoms with Gasteiger partial charge in [0.05, 0.1) is 5.56 Å². The van der Waals surface area contributed by atoms with Crippen LogP contribution < -0.4 is 0 Å². The normalized spacial score (nSPS) is 10.2. The van der Waals surface area contributed by atoms with Gasteiger partial charge in [-0.15, -0.1) is 0 Å². The zero-order chi connectivity index (χ0) is 12.4. The number of hydrogen-bond acceptors (Lipinski definition) is 2. The lowest BCUT2D eigenvalue weighted by Gasteiger charge is -2.05. The molecule has 3 nitrogen and oxygen atoms in total. The number of hydrogen-bond donors (Lipinski definition) is 1. The van der Waals surface area contributed by atoms with Crippen LogP contribution in [0, 0.1) is 6.92 Å². The molecule has 1 heterocycles. The number of carbonyl (C=O) groups is 1. The average Bonchev–Trinajstić information content (AvgIpc) is 2.29. The van der Waals surface area contributed by atoms with Crippen LogP contribution in [0.5, 0.6) is 0 Å². The molecular formula is C13H10BrNO2. The number of halogens is 1. The zero-order valence-corrected chi connectivity index (χ0v) is 10.7. The Labute approximate surface area is 107 Å². The van der Waals surface area contributed by atoms with Crippen LogP contribution in [0.2, 0.25) is 0 Å². The van der Waals surface area contributed by atoms with E-state index in [4.69, 9.17) is 5.11 Å². The Kier molecular flexibility index (Phi) is 3.24. The number of pyridine rings is 1. The van der Waals surface area contributed by atoms with Crippen LogP contribution in [0.3, 0.4) is 0 Å². The Morgan fingerprint density at radius 2 is 1.94 bits per heavy atom. The molecule has 0 amide bonds. The molecule has 0 radical (unpaired) electrons. The molecule has 0 fully saturated rings. The summed E-state index contributed by atoms with van der Waals surface area (Å²) in [5, 5.41) is 9.05. The molecule has 1 aromatic carbocycles. The van der Waals surface area contributed by atoms with Crippen LogP contribution in [0.15, 0.2) is 41.0 Å². The molecule has 0 saturated heterocycles. The van der Waals surface area contributed by atoms with E-state index in [1.165, 1.54) is 0 Å². The third-order valence-electron chi connectivity index (χ3n) is 2.43. The summed E-state index contributed by atoms with van der Waals surface area (Å²) in [7, 11) is 0. The van der Waals surface area contributed by atoms with Crippen molar-refractivity contribution < 1.29 is 9.90 Å². The van der Waals surface area contributed by atoms with Crippen LogP contribution >= 0.6 is 15.9 Å². The number of aromatic nitrogens is 1. The van der Waals surface area contributed by atoms with Crippen LogP contribution in [-0.2, 0) is 0 Å². The first kappa shape index (κ1) is 11.8. The maximum atomic E-state index is 11.0. The largest absolute Gasteiger partial charge is 0.478 e. The predicted molar refractivity (Wildman–Crippen MR) is 69.1 cm³/mol. The van der Waals surface area contributed by atoms with E-state index in [0.29, 0.717) is 4.47 Å². The number of carboxylic acids is 1. The highest BCUT2D eigenvalue weighted by Gasteiger charge is 2.09. The van der Waals surface area contributed by atoms with Crippen molar-refractivity contribution in [2.24, 2.45) is 0 Å². The van der Waals surface area contributed by atoms with Gasteiger partial charge in [-0.1, -0.05) is 6.07 Å². The van der Waals surface area contributed by atoms with Crippen molar-refractivity contribution in [2.75, 3.05) is 0 Å². The van der Waals surface area contributed by atoms with E-state index >= 15 is 0 Å². The van der Waals surface area contributed by atoms with Gasteiger partial charge in [-0.25, -0.2) is 4.79 Å². The zero-order valence-electron chi connectivity index (χ0n) is 9.14. The second-order valence-corrected chi connectivity index (χ2v) is 4.54. The van der Waals surface area contributed by atoms with Gasteiger partial charge in [0.2, 0.25) is 0 Å². The first-order chi connectivity index (χ1) is 8.08. The highest BCUT2D eigenvalue weighted by atomic mass is 79.9. The lowest BCUT2D eigenvalue weighted by molar-refractivity contribution is 0.0696. The topological polar surface area (TPSA) is 50.2 Å². The number of rotatable bonds is 2. The van der Waals surface area contributed by atoms with Crippen molar-refractivity contribution in [1.29, 1.82) is 0 Å². The van der Waals surface area contributed by atoms with Gasteiger partial charge in [0.25, 0.3) is 0 Å². The summed E-state index contributed by atoms with van der Waals surface area (Å²) >= 11 is 3.22. The first-order valence-electron chi connectivity index (χ1n) is 5.04. The van der Waals surface area contributed by atoms with E-state index in [-0.39, 0.29) is 5.56 Å². The van der Waals surface area contributed by atoms with E-state index < -0.39 is 5.97 Å². The summed E-state index contributed by atoms with van der Waals surface area (Å²) in [5.74, 6) is -0.940. The Balaban J connectivity index is 2.54. The van der Waals surface area contributed by atoms with Crippen LogP contribution in [0.25, 0.3) is 11.1 Å². The minimum Gasteiger partial charge on any atom is -0.478 e. The third-order valence-corrected chi connectivity index (χ3v) is 3.12. The standard InChI is InChI=1S/C13H10BrNO2/c1-8-6-10(4-5-15-8)9-2-3-12(14)11(7-9)13(16)17/h2-7H,1H3,(H,16,17). The molecule has 0 unspecified atom stereocenters. The average molecular weight is 292 g/mol. The Bertz CT molecular complexity index is 581. The molecule has 0 bridgehead atoms. The fourth-order valence-corrected chi connectivity index (χ4v) is 2.01. The smallest absolute Gasteiger partial charge is 0.336 e. The van der Waals surface area contributed by atoms with Crippen molar-refractivity contribution in [3.8, 4) is 11.1 Å². The molecule has 0 aliphatic rings. The molecule has 2 aromatic rings. The van der Waals surface area contributed by atoms with Crippen molar-refractivity contribution in [2.45, 2.75) is 6.92 Å². The van der Waals surface area contributed by atoms with E-state index in [1.807, 2.05) is 25.1 Å². The molecule has 86 valence electrons.